The van der Waals surface area contributed by atoms with E-state index in [9.17, 15) is 9.59 Å². The Kier molecular flexibility index (Phi) is 2.68. The largest absolute Gasteiger partial charge is 0.478 e. The van der Waals surface area contributed by atoms with E-state index in [1.54, 1.807) is 24.3 Å². The highest BCUT2D eigenvalue weighted by molar-refractivity contribution is 6.35. The minimum Gasteiger partial charge on any atom is -0.478 e. The van der Waals surface area contributed by atoms with Crippen molar-refractivity contribution < 1.29 is 19.1 Å². The van der Waals surface area contributed by atoms with E-state index in [4.69, 9.17) is 25.9 Å². The molecule has 1 unspecified atom stereocenters. The van der Waals surface area contributed by atoms with Gasteiger partial charge in [0.15, 0.2) is 6.10 Å². The Morgan fingerprint density at radius 3 is 2.86 bits per heavy atom. The molecule has 1 N–H and O–H groups in total. The zero-order valence-electron chi connectivity index (χ0n) is 11.1. The number of carbonyl (C=O) groups is 1. The van der Waals surface area contributed by atoms with Gasteiger partial charge in [0.2, 0.25) is 5.43 Å². The van der Waals surface area contributed by atoms with Crippen LogP contribution < -0.4 is 10.2 Å². The first kappa shape index (κ1) is 13.2. The van der Waals surface area contributed by atoms with E-state index < -0.39 is 12.1 Å². The summed E-state index contributed by atoms with van der Waals surface area (Å²) in [5.41, 5.74) is 1.07. The zero-order chi connectivity index (χ0) is 15.4. The van der Waals surface area contributed by atoms with Crippen molar-refractivity contribution >= 4 is 39.5 Å². The van der Waals surface area contributed by atoms with Crippen LogP contribution in [0.2, 0.25) is 5.02 Å². The highest BCUT2D eigenvalue weighted by atomic mass is 35.5. The monoisotopic (exact) mass is 316 g/mol. The molecule has 0 spiro atoms. The van der Waals surface area contributed by atoms with Gasteiger partial charge in [-0.2, -0.15) is 0 Å². The maximum Gasteiger partial charge on any atom is 0.345 e. The van der Waals surface area contributed by atoms with Crippen LogP contribution in [0.25, 0.3) is 21.9 Å². The molecule has 5 nitrogen and oxygen atoms in total. The number of halogens is 1. The molecule has 0 saturated heterocycles. The van der Waals surface area contributed by atoms with Gasteiger partial charge < -0.3 is 14.3 Å². The molecule has 0 saturated carbocycles. The molecule has 0 fully saturated rings. The summed E-state index contributed by atoms with van der Waals surface area (Å²) in [6, 6.07) is 8.34. The van der Waals surface area contributed by atoms with Gasteiger partial charge in [0.05, 0.1) is 15.8 Å². The lowest BCUT2D eigenvalue weighted by Gasteiger charge is -2.07. The summed E-state index contributed by atoms with van der Waals surface area (Å²) in [7, 11) is 0. The molecule has 0 aliphatic carbocycles. The molecule has 0 amide bonds. The van der Waals surface area contributed by atoms with E-state index in [-0.39, 0.29) is 22.3 Å². The van der Waals surface area contributed by atoms with Crippen LogP contribution in [0.1, 0.15) is 5.56 Å². The number of carboxylic acid groups (broad SMARTS) is 1. The number of benzene rings is 2. The molecule has 1 aromatic heterocycles. The third kappa shape index (κ3) is 1.72. The van der Waals surface area contributed by atoms with Crippen molar-refractivity contribution in [1.82, 2.24) is 0 Å². The van der Waals surface area contributed by atoms with Crippen LogP contribution in [-0.2, 0) is 11.2 Å². The van der Waals surface area contributed by atoms with Crippen molar-refractivity contribution in [2.45, 2.75) is 12.5 Å². The molecule has 2 heterocycles. The van der Waals surface area contributed by atoms with E-state index in [0.717, 1.165) is 0 Å². The van der Waals surface area contributed by atoms with Crippen LogP contribution in [-0.4, -0.2) is 17.2 Å². The topological polar surface area (TPSA) is 76.7 Å². The molecule has 2 aromatic carbocycles. The van der Waals surface area contributed by atoms with Crippen LogP contribution in [0, 0.1) is 0 Å². The first-order valence-electron chi connectivity index (χ1n) is 6.62. The van der Waals surface area contributed by atoms with Crippen molar-refractivity contribution in [3.63, 3.8) is 0 Å². The summed E-state index contributed by atoms with van der Waals surface area (Å²) in [6.07, 6.45) is -0.854. The summed E-state index contributed by atoms with van der Waals surface area (Å²) in [5, 5.41) is 9.99. The Morgan fingerprint density at radius 1 is 1.32 bits per heavy atom. The summed E-state index contributed by atoms with van der Waals surface area (Å²) < 4.78 is 11.2. The fourth-order valence-electron chi connectivity index (χ4n) is 2.77. The molecule has 4 rings (SSSR count). The number of rotatable bonds is 1. The van der Waals surface area contributed by atoms with Crippen LogP contribution >= 0.6 is 11.6 Å². The van der Waals surface area contributed by atoms with Gasteiger partial charge in [0.25, 0.3) is 0 Å². The second-order valence-corrected chi connectivity index (χ2v) is 5.52. The van der Waals surface area contributed by atoms with E-state index in [1.807, 2.05) is 0 Å². The second kappa shape index (κ2) is 4.48. The van der Waals surface area contributed by atoms with Crippen LogP contribution in [0.4, 0.5) is 0 Å². The third-order valence-corrected chi connectivity index (χ3v) is 4.10. The number of hydrogen-bond acceptors (Lipinski definition) is 4. The predicted molar refractivity (Wildman–Crippen MR) is 80.8 cm³/mol. The normalized spacial score (nSPS) is 16.7. The highest BCUT2D eigenvalue weighted by Crippen LogP contribution is 2.39. The molecule has 0 bridgehead atoms. The first-order chi connectivity index (χ1) is 10.6. The summed E-state index contributed by atoms with van der Waals surface area (Å²) in [5.74, 6) is -0.716. The highest BCUT2D eigenvalue weighted by Gasteiger charge is 2.32. The lowest BCUT2D eigenvalue weighted by molar-refractivity contribution is -0.144. The quantitative estimate of drug-likeness (QED) is 0.698. The number of ether oxygens (including phenoxy) is 1. The van der Waals surface area contributed by atoms with Gasteiger partial charge in [-0.3, -0.25) is 4.79 Å². The second-order valence-electron chi connectivity index (χ2n) is 5.12. The molecule has 110 valence electrons. The Bertz CT molecular complexity index is 1000. The molecule has 1 aliphatic rings. The summed E-state index contributed by atoms with van der Waals surface area (Å²) in [4.78, 5) is 23.7. The van der Waals surface area contributed by atoms with Gasteiger partial charge in [-0.15, -0.1) is 0 Å². The van der Waals surface area contributed by atoms with Gasteiger partial charge in [-0.25, -0.2) is 4.79 Å². The molecule has 1 atom stereocenters. The predicted octanol–water partition coefficient (Wildman–Crippen LogP) is 2.99. The number of para-hydroxylation sites is 1. The standard InChI is InChI=1S/C16H9ClO5/c17-9-6-11-8(5-12(21-11)16(19)20)15-13(9)14(18)7-3-1-2-4-10(7)22-15/h1-4,6,12H,5H2,(H,19,20). The SMILES string of the molecule is O=C(O)C1Cc2c(cc(Cl)c3c(=O)c4ccccc4oc23)O1. The minimum atomic E-state index is -1.07. The van der Waals surface area contributed by atoms with Crippen molar-refractivity contribution in [3.05, 3.63) is 51.1 Å². The van der Waals surface area contributed by atoms with Crippen LogP contribution in [0.15, 0.2) is 39.5 Å². The maximum atomic E-state index is 12.6. The average molecular weight is 317 g/mol. The zero-order valence-corrected chi connectivity index (χ0v) is 11.9. The average Bonchev–Trinajstić information content (AvgIpc) is 2.91. The van der Waals surface area contributed by atoms with E-state index in [0.29, 0.717) is 27.9 Å². The Morgan fingerprint density at radius 2 is 2.09 bits per heavy atom. The van der Waals surface area contributed by atoms with Gasteiger partial charge in [0, 0.05) is 18.1 Å². The van der Waals surface area contributed by atoms with Crippen molar-refractivity contribution in [1.29, 1.82) is 0 Å². The molecule has 3 aromatic rings. The smallest absolute Gasteiger partial charge is 0.345 e. The van der Waals surface area contributed by atoms with Crippen molar-refractivity contribution in [2.75, 3.05) is 0 Å². The van der Waals surface area contributed by atoms with E-state index >= 15 is 0 Å². The lowest BCUT2D eigenvalue weighted by atomic mass is 10.0. The van der Waals surface area contributed by atoms with Gasteiger partial charge in [-0.05, 0) is 12.1 Å². The number of aliphatic carboxylic acids is 1. The lowest BCUT2D eigenvalue weighted by Crippen LogP contribution is -2.24. The van der Waals surface area contributed by atoms with Gasteiger partial charge >= 0.3 is 5.97 Å². The number of hydrogen-bond donors (Lipinski definition) is 1. The molecular weight excluding hydrogens is 308 g/mol. The summed E-state index contributed by atoms with van der Waals surface area (Å²) >= 11 is 6.19. The molecular formula is C16H9ClO5. The maximum absolute atomic E-state index is 12.6. The fourth-order valence-corrected chi connectivity index (χ4v) is 3.04. The Labute approximate surface area is 128 Å². The van der Waals surface area contributed by atoms with Gasteiger partial charge in [0.1, 0.15) is 16.9 Å². The molecule has 1 aliphatic heterocycles. The fraction of sp³-hybridized carbons (Fsp3) is 0.125. The van der Waals surface area contributed by atoms with E-state index in [2.05, 4.69) is 0 Å². The van der Waals surface area contributed by atoms with Crippen LogP contribution in [0.5, 0.6) is 5.75 Å². The Hall–Kier alpha value is -2.53. The molecule has 22 heavy (non-hydrogen) atoms. The van der Waals surface area contributed by atoms with Gasteiger partial charge in [-0.1, -0.05) is 23.7 Å². The number of carboxylic acids is 1. The third-order valence-electron chi connectivity index (χ3n) is 3.80. The first-order valence-corrected chi connectivity index (χ1v) is 7.00. The van der Waals surface area contributed by atoms with Crippen LogP contribution in [0.3, 0.4) is 0 Å². The van der Waals surface area contributed by atoms with E-state index in [1.165, 1.54) is 6.07 Å². The molecule has 6 heteroatoms. The van der Waals surface area contributed by atoms with Crippen molar-refractivity contribution in [2.24, 2.45) is 0 Å². The Balaban J connectivity index is 2.12. The van der Waals surface area contributed by atoms with Crippen molar-refractivity contribution in [3.8, 4) is 5.75 Å². The number of fused-ring (bicyclic) bond motifs is 4. The minimum absolute atomic E-state index is 0.139. The molecule has 0 radical (unpaired) electrons. The summed E-state index contributed by atoms with van der Waals surface area (Å²) in [6.45, 7) is 0.